The summed E-state index contributed by atoms with van der Waals surface area (Å²) in [6.07, 6.45) is 9.26. The standard InChI is InChI=1S/C13H23NO2S/c1-9(14-17(2,15)16)13-6-10-3-11(7-13)5-12(4-10)8-13/h9-12,14H,3-8H2,1-2H3. The molecule has 0 radical (unpaired) electrons. The van der Waals surface area contributed by atoms with Crippen molar-refractivity contribution in [2.45, 2.75) is 51.5 Å². The van der Waals surface area contributed by atoms with E-state index in [0.29, 0.717) is 0 Å². The molecule has 1 atom stereocenters. The van der Waals surface area contributed by atoms with Crippen LogP contribution in [0.3, 0.4) is 0 Å². The van der Waals surface area contributed by atoms with Crippen LogP contribution in [0.4, 0.5) is 0 Å². The molecule has 0 aromatic carbocycles. The number of hydrogen-bond acceptors (Lipinski definition) is 2. The Kier molecular flexibility index (Phi) is 2.61. The fourth-order valence-electron chi connectivity index (χ4n) is 5.15. The van der Waals surface area contributed by atoms with Gasteiger partial charge in [0.25, 0.3) is 0 Å². The zero-order valence-corrected chi connectivity index (χ0v) is 11.6. The van der Waals surface area contributed by atoms with Crippen molar-refractivity contribution in [3.8, 4) is 0 Å². The molecule has 0 spiro atoms. The first kappa shape index (κ1) is 12.0. The lowest BCUT2D eigenvalue weighted by atomic mass is 9.48. The van der Waals surface area contributed by atoms with Gasteiger partial charge in [0.1, 0.15) is 0 Å². The Hall–Kier alpha value is -0.0900. The van der Waals surface area contributed by atoms with E-state index in [-0.39, 0.29) is 11.5 Å². The van der Waals surface area contributed by atoms with Gasteiger partial charge in [0, 0.05) is 6.04 Å². The normalized spacial score (nSPS) is 46.1. The minimum atomic E-state index is -3.07. The van der Waals surface area contributed by atoms with Gasteiger partial charge in [0.05, 0.1) is 6.26 Å². The van der Waals surface area contributed by atoms with Crippen molar-refractivity contribution >= 4 is 10.0 Å². The Morgan fingerprint density at radius 3 is 1.82 bits per heavy atom. The summed E-state index contributed by atoms with van der Waals surface area (Å²) < 4.78 is 25.7. The van der Waals surface area contributed by atoms with Gasteiger partial charge < -0.3 is 0 Å². The van der Waals surface area contributed by atoms with Gasteiger partial charge in [-0.2, -0.15) is 0 Å². The molecule has 98 valence electrons. The lowest BCUT2D eigenvalue weighted by Crippen LogP contribution is -2.55. The van der Waals surface area contributed by atoms with Gasteiger partial charge in [-0.15, -0.1) is 0 Å². The molecular weight excluding hydrogens is 234 g/mol. The molecule has 17 heavy (non-hydrogen) atoms. The lowest BCUT2D eigenvalue weighted by molar-refractivity contribution is -0.0665. The second-order valence-electron chi connectivity index (χ2n) is 6.89. The summed E-state index contributed by atoms with van der Waals surface area (Å²) in [4.78, 5) is 0. The molecule has 1 N–H and O–H groups in total. The summed E-state index contributed by atoms with van der Waals surface area (Å²) in [6, 6.07) is 0.117. The first-order chi connectivity index (χ1) is 7.86. The Bertz CT molecular complexity index is 380. The van der Waals surface area contributed by atoms with Gasteiger partial charge in [0.15, 0.2) is 0 Å². The highest BCUT2D eigenvalue weighted by Crippen LogP contribution is 2.61. The van der Waals surface area contributed by atoms with Crippen LogP contribution in [0, 0.1) is 23.2 Å². The van der Waals surface area contributed by atoms with Crippen LogP contribution >= 0.6 is 0 Å². The third kappa shape index (κ3) is 2.14. The largest absolute Gasteiger partial charge is 0.213 e. The summed E-state index contributed by atoms with van der Waals surface area (Å²) in [7, 11) is -3.07. The molecular formula is C13H23NO2S. The predicted octanol–water partition coefficient (Wildman–Crippen LogP) is 2.14. The Labute approximate surface area is 104 Å². The number of nitrogens with one attached hydrogen (secondary N) is 1. The highest BCUT2D eigenvalue weighted by molar-refractivity contribution is 7.88. The highest BCUT2D eigenvalue weighted by atomic mass is 32.2. The minimum Gasteiger partial charge on any atom is -0.213 e. The molecule has 0 saturated heterocycles. The van der Waals surface area contributed by atoms with Crippen molar-refractivity contribution < 1.29 is 8.42 Å². The van der Waals surface area contributed by atoms with Crippen LogP contribution in [0.1, 0.15) is 45.4 Å². The van der Waals surface area contributed by atoms with Gasteiger partial charge in [-0.3, -0.25) is 0 Å². The second-order valence-corrected chi connectivity index (χ2v) is 8.67. The van der Waals surface area contributed by atoms with Gasteiger partial charge >= 0.3 is 0 Å². The van der Waals surface area contributed by atoms with Gasteiger partial charge in [0.2, 0.25) is 10.0 Å². The molecule has 0 aliphatic heterocycles. The lowest BCUT2D eigenvalue weighted by Gasteiger charge is -2.59. The van der Waals surface area contributed by atoms with Crippen molar-refractivity contribution in [1.82, 2.24) is 4.72 Å². The average Bonchev–Trinajstić information content (AvgIpc) is 2.12. The van der Waals surface area contributed by atoms with E-state index in [4.69, 9.17) is 0 Å². The first-order valence-corrected chi connectivity index (χ1v) is 8.73. The summed E-state index contributed by atoms with van der Waals surface area (Å²) in [5, 5.41) is 0. The molecule has 1 unspecified atom stereocenters. The molecule has 0 aromatic heterocycles. The Morgan fingerprint density at radius 1 is 1.06 bits per heavy atom. The summed E-state index contributed by atoms with van der Waals surface area (Å²) in [5.41, 5.74) is 0.276. The van der Waals surface area contributed by atoms with Crippen LogP contribution < -0.4 is 4.72 Å². The molecule has 0 heterocycles. The maximum Gasteiger partial charge on any atom is 0.208 e. The predicted molar refractivity (Wildman–Crippen MR) is 68.0 cm³/mol. The topological polar surface area (TPSA) is 46.2 Å². The fourth-order valence-corrected chi connectivity index (χ4v) is 6.05. The van der Waals surface area contributed by atoms with Crippen LogP contribution in [0.25, 0.3) is 0 Å². The zero-order chi connectivity index (χ0) is 12.3. The molecule has 4 aliphatic carbocycles. The monoisotopic (exact) mass is 257 g/mol. The van der Waals surface area contributed by atoms with E-state index in [1.165, 1.54) is 44.8 Å². The summed E-state index contributed by atoms with van der Waals surface area (Å²) in [5.74, 6) is 2.64. The van der Waals surface area contributed by atoms with E-state index < -0.39 is 10.0 Å². The molecule has 3 nitrogen and oxygen atoms in total. The van der Waals surface area contributed by atoms with Crippen molar-refractivity contribution in [2.24, 2.45) is 23.2 Å². The minimum absolute atomic E-state index is 0.117. The third-order valence-electron chi connectivity index (χ3n) is 5.40. The van der Waals surface area contributed by atoms with Gasteiger partial charge in [-0.05, 0) is 68.6 Å². The molecule has 4 rings (SSSR count). The van der Waals surface area contributed by atoms with Crippen LogP contribution in [0.5, 0.6) is 0 Å². The quantitative estimate of drug-likeness (QED) is 0.842. The average molecular weight is 257 g/mol. The highest BCUT2D eigenvalue weighted by Gasteiger charge is 2.53. The van der Waals surface area contributed by atoms with E-state index >= 15 is 0 Å². The third-order valence-corrected chi connectivity index (χ3v) is 6.18. The fraction of sp³-hybridized carbons (Fsp3) is 1.00. The van der Waals surface area contributed by atoms with Crippen molar-refractivity contribution in [2.75, 3.05) is 6.26 Å². The van der Waals surface area contributed by atoms with E-state index in [2.05, 4.69) is 11.6 Å². The Balaban J connectivity index is 1.82. The van der Waals surface area contributed by atoms with Crippen LogP contribution in [-0.2, 0) is 10.0 Å². The first-order valence-electron chi connectivity index (χ1n) is 6.84. The SMILES string of the molecule is CC(NS(C)(=O)=O)C12CC3CC(CC(C3)C1)C2. The molecule has 4 aliphatic rings. The molecule has 0 aromatic rings. The van der Waals surface area contributed by atoms with E-state index in [1.807, 2.05) is 0 Å². The van der Waals surface area contributed by atoms with Crippen LogP contribution in [0.15, 0.2) is 0 Å². The zero-order valence-electron chi connectivity index (χ0n) is 10.8. The second kappa shape index (κ2) is 3.70. The van der Waals surface area contributed by atoms with Crippen molar-refractivity contribution in [3.63, 3.8) is 0 Å². The molecule has 4 saturated carbocycles. The van der Waals surface area contributed by atoms with Crippen molar-refractivity contribution in [3.05, 3.63) is 0 Å². The number of hydrogen-bond donors (Lipinski definition) is 1. The van der Waals surface area contributed by atoms with E-state index in [1.54, 1.807) is 0 Å². The van der Waals surface area contributed by atoms with E-state index in [9.17, 15) is 8.42 Å². The molecule has 0 amide bonds. The van der Waals surface area contributed by atoms with Crippen molar-refractivity contribution in [1.29, 1.82) is 0 Å². The summed E-state index contributed by atoms with van der Waals surface area (Å²) >= 11 is 0. The molecule has 4 heteroatoms. The molecule has 4 bridgehead atoms. The maximum atomic E-state index is 11.4. The Morgan fingerprint density at radius 2 is 1.47 bits per heavy atom. The maximum absolute atomic E-state index is 11.4. The smallest absolute Gasteiger partial charge is 0.208 e. The van der Waals surface area contributed by atoms with Gasteiger partial charge in [-0.25, -0.2) is 13.1 Å². The number of rotatable bonds is 3. The van der Waals surface area contributed by atoms with Gasteiger partial charge in [-0.1, -0.05) is 0 Å². The molecule has 4 fully saturated rings. The van der Waals surface area contributed by atoms with E-state index in [0.717, 1.165) is 17.8 Å². The van der Waals surface area contributed by atoms with Crippen LogP contribution in [-0.4, -0.2) is 20.7 Å². The van der Waals surface area contributed by atoms with Crippen LogP contribution in [0.2, 0.25) is 0 Å². The number of sulfonamides is 1. The summed E-state index contributed by atoms with van der Waals surface area (Å²) in [6.45, 7) is 2.08.